The molecule has 2 aliphatic carbocycles. The van der Waals surface area contributed by atoms with Crippen molar-refractivity contribution < 1.29 is 5.11 Å². The molecular formula is C12H14O. The molecule has 2 aliphatic rings. The van der Waals surface area contributed by atoms with Crippen LogP contribution in [0.15, 0.2) is 24.3 Å². The van der Waals surface area contributed by atoms with Gasteiger partial charge in [0, 0.05) is 0 Å². The molecule has 1 heteroatoms. The smallest absolute Gasteiger partial charge is 0.0792 e. The predicted octanol–water partition coefficient (Wildman–Crippen LogP) is 2.62. The lowest BCUT2D eigenvalue weighted by atomic mass is 9.99. The molecule has 0 spiro atoms. The second-order valence-electron chi connectivity index (χ2n) is 4.32. The van der Waals surface area contributed by atoms with Crippen LogP contribution in [0.2, 0.25) is 0 Å². The maximum absolute atomic E-state index is 9.88. The van der Waals surface area contributed by atoms with Crippen molar-refractivity contribution in [2.45, 2.75) is 31.3 Å². The Morgan fingerprint density at radius 1 is 1.08 bits per heavy atom. The molecule has 0 aliphatic heterocycles. The fourth-order valence-electron chi connectivity index (χ4n) is 2.63. The number of fused-ring (bicyclic) bond motifs is 3. The molecule has 0 unspecified atom stereocenters. The van der Waals surface area contributed by atoms with E-state index < -0.39 is 0 Å². The van der Waals surface area contributed by atoms with Gasteiger partial charge in [-0.15, -0.1) is 0 Å². The highest BCUT2D eigenvalue weighted by atomic mass is 16.3. The number of rotatable bonds is 0. The molecule has 1 N–H and O–H groups in total. The van der Waals surface area contributed by atoms with E-state index in [1.165, 1.54) is 24.0 Å². The molecule has 1 aromatic carbocycles. The Hall–Kier alpha value is -0.820. The molecular weight excluding hydrogens is 160 g/mol. The van der Waals surface area contributed by atoms with Crippen molar-refractivity contribution in [3.8, 4) is 0 Å². The summed E-state index contributed by atoms with van der Waals surface area (Å²) in [5, 5.41) is 9.88. The molecule has 3 rings (SSSR count). The molecule has 0 bridgehead atoms. The van der Waals surface area contributed by atoms with Crippen molar-refractivity contribution in [2.24, 2.45) is 5.92 Å². The van der Waals surface area contributed by atoms with E-state index in [9.17, 15) is 5.11 Å². The third-order valence-corrected chi connectivity index (χ3v) is 3.49. The maximum atomic E-state index is 9.88. The van der Waals surface area contributed by atoms with E-state index in [0.717, 1.165) is 18.3 Å². The fourth-order valence-corrected chi connectivity index (χ4v) is 2.63. The number of hydrogen-bond acceptors (Lipinski definition) is 1. The standard InChI is InChI=1S/C12H14O/c13-12-6-5-8-7-11(8)9-3-1-2-4-10(9)12/h1-4,8,11-13H,5-7H2/t8-,11+,12-/m1/s1. The first-order valence-electron chi connectivity index (χ1n) is 5.13. The van der Waals surface area contributed by atoms with Crippen LogP contribution in [-0.4, -0.2) is 5.11 Å². The molecule has 0 saturated heterocycles. The first kappa shape index (κ1) is 7.57. The van der Waals surface area contributed by atoms with Gasteiger partial charge in [0.2, 0.25) is 0 Å². The molecule has 1 nitrogen and oxygen atoms in total. The van der Waals surface area contributed by atoms with Gasteiger partial charge in [0.15, 0.2) is 0 Å². The summed E-state index contributed by atoms with van der Waals surface area (Å²) in [4.78, 5) is 0. The van der Waals surface area contributed by atoms with Gasteiger partial charge in [-0.2, -0.15) is 0 Å². The number of benzene rings is 1. The molecule has 1 fully saturated rings. The van der Waals surface area contributed by atoms with E-state index in [0.29, 0.717) is 0 Å². The van der Waals surface area contributed by atoms with Crippen LogP contribution in [0.4, 0.5) is 0 Å². The Morgan fingerprint density at radius 2 is 1.85 bits per heavy atom. The van der Waals surface area contributed by atoms with Gasteiger partial charge < -0.3 is 5.11 Å². The summed E-state index contributed by atoms with van der Waals surface area (Å²) in [7, 11) is 0. The summed E-state index contributed by atoms with van der Waals surface area (Å²) in [6.07, 6.45) is 3.31. The summed E-state index contributed by atoms with van der Waals surface area (Å²) < 4.78 is 0. The zero-order chi connectivity index (χ0) is 8.84. The Bertz CT molecular complexity index is 311. The zero-order valence-corrected chi connectivity index (χ0v) is 7.61. The fraction of sp³-hybridized carbons (Fsp3) is 0.500. The monoisotopic (exact) mass is 174 g/mol. The average molecular weight is 174 g/mol. The lowest BCUT2D eigenvalue weighted by molar-refractivity contribution is 0.164. The van der Waals surface area contributed by atoms with Crippen molar-refractivity contribution in [2.75, 3.05) is 0 Å². The molecule has 0 heterocycles. The second kappa shape index (κ2) is 2.58. The van der Waals surface area contributed by atoms with E-state index >= 15 is 0 Å². The minimum Gasteiger partial charge on any atom is -0.388 e. The van der Waals surface area contributed by atoms with Gasteiger partial charge in [-0.05, 0) is 42.2 Å². The Morgan fingerprint density at radius 3 is 2.69 bits per heavy atom. The summed E-state index contributed by atoms with van der Waals surface area (Å²) in [6.45, 7) is 0. The van der Waals surface area contributed by atoms with E-state index in [1.54, 1.807) is 0 Å². The largest absolute Gasteiger partial charge is 0.388 e. The summed E-state index contributed by atoms with van der Waals surface area (Å²) in [5.41, 5.74) is 2.60. The maximum Gasteiger partial charge on any atom is 0.0792 e. The van der Waals surface area contributed by atoms with Crippen molar-refractivity contribution in [3.63, 3.8) is 0 Å². The molecule has 1 aromatic rings. The normalized spacial score (nSPS) is 35.9. The molecule has 68 valence electrons. The summed E-state index contributed by atoms with van der Waals surface area (Å²) >= 11 is 0. The minimum absolute atomic E-state index is 0.205. The highest BCUT2D eigenvalue weighted by Crippen LogP contribution is 2.54. The van der Waals surface area contributed by atoms with Crippen molar-refractivity contribution in [1.82, 2.24) is 0 Å². The van der Waals surface area contributed by atoms with E-state index in [4.69, 9.17) is 0 Å². The highest BCUT2D eigenvalue weighted by Gasteiger charge is 2.41. The van der Waals surface area contributed by atoms with Gasteiger partial charge >= 0.3 is 0 Å². The topological polar surface area (TPSA) is 20.2 Å². The Labute approximate surface area is 78.4 Å². The molecule has 1 saturated carbocycles. The van der Waals surface area contributed by atoms with Crippen LogP contribution in [0.5, 0.6) is 0 Å². The van der Waals surface area contributed by atoms with E-state index in [2.05, 4.69) is 18.2 Å². The van der Waals surface area contributed by atoms with Crippen LogP contribution in [0, 0.1) is 5.92 Å². The number of aliphatic hydroxyl groups is 1. The predicted molar refractivity (Wildman–Crippen MR) is 51.5 cm³/mol. The van der Waals surface area contributed by atoms with Crippen LogP contribution < -0.4 is 0 Å². The van der Waals surface area contributed by atoms with Crippen molar-refractivity contribution in [3.05, 3.63) is 35.4 Å². The molecule has 3 atom stereocenters. The van der Waals surface area contributed by atoms with Crippen LogP contribution in [0.1, 0.15) is 42.4 Å². The number of hydrogen-bond donors (Lipinski definition) is 1. The van der Waals surface area contributed by atoms with E-state index in [-0.39, 0.29) is 6.10 Å². The molecule has 0 radical (unpaired) electrons. The summed E-state index contributed by atoms with van der Waals surface area (Å²) in [6, 6.07) is 8.40. The van der Waals surface area contributed by atoms with Crippen molar-refractivity contribution >= 4 is 0 Å². The third-order valence-electron chi connectivity index (χ3n) is 3.49. The summed E-state index contributed by atoms with van der Waals surface area (Å²) in [5.74, 6) is 1.65. The average Bonchev–Trinajstić information content (AvgIpc) is 2.92. The van der Waals surface area contributed by atoms with Gasteiger partial charge in [0.25, 0.3) is 0 Å². The van der Waals surface area contributed by atoms with Crippen molar-refractivity contribution in [1.29, 1.82) is 0 Å². The van der Waals surface area contributed by atoms with Crippen LogP contribution >= 0.6 is 0 Å². The molecule has 13 heavy (non-hydrogen) atoms. The zero-order valence-electron chi connectivity index (χ0n) is 7.61. The van der Waals surface area contributed by atoms with Gasteiger partial charge in [0.1, 0.15) is 0 Å². The van der Waals surface area contributed by atoms with Gasteiger partial charge in [-0.3, -0.25) is 0 Å². The van der Waals surface area contributed by atoms with Gasteiger partial charge in [-0.1, -0.05) is 24.3 Å². The first-order valence-corrected chi connectivity index (χ1v) is 5.13. The van der Waals surface area contributed by atoms with E-state index in [1.807, 2.05) is 6.07 Å². The number of aliphatic hydroxyl groups excluding tert-OH is 1. The molecule has 0 amide bonds. The Balaban J connectivity index is 2.10. The van der Waals surface area contributed by atoms with Crippen LogP contribution in [0.3, 0.4) is 0 Å². The van der Waals surface area contributed by atoms with Gasteiger partial charge in [0.05, 0.1) is 6.10 Å². The minimum atomic E-state index is -0.205. The lowest BCUT2D eigenvalue weighted by Gasteiger charge is -2.11. The SMILES string of the molecule is O[C@@H]1CC[C@@H]2C[C@@H]2c2ccccc21. The second-order valence-corrected chi connectivity index (χ2v) is 4.32. The molecule has 0 aromatic heterocycles. The Kier molecular flexibility index (Phi) is 1.50. The van der Waals surface area contributed by atoms with Crippen LogP contribution in [-0.2, 0) is 0 Å². The highest BCUT2D eigenvalue weighted by molar-refractivity contribution is 5.37. The first-order chi connectivity index (χ1) is 6.36. The lowest BCUT2D eigenvalue weighted by Crippen LogP contribution is -1.98. The van der Waals surface area contributed by atoms with Gasteiger partial charge in [-0.25, -0.2) is 0 Å². The third kappa shape index (κ3) is 1.11. The quantitative estimate of drug-likeness (QED) is 0.641. The van der Waals surface area contributed by atoms with Crippen LogP contribution in [0.25, 0.3) is 0 Å².